The Kier molecular flexibility index (Phi) is 6.72. The highest BCUT2D eigenvalue weighted by atomic mass is 79.9. The number of hydrogen-bond acceptors (Lipinski definition) is 4. The lowest BCUT2D eigenvalue weighted by molar-refractivity contribution is 0.0953. The molecule has 0 saturated heterocycles. The number of rotatable bonds is 7. The number of carbonyl (C=O) groups is 1. The van der Waals surface area contributed by atoms with Crippen molar-refractivity contribution in [1.82, 2.24) is 10.6 Å². The van der Waals surface area contributed by atoms with Crippen LogP contribution in [0, 0.1) is 6.92 Å². The number of methoxy groups -OCH3 is 1. The molecule has 0 fully saturated rings. The zero-order chi connectivity index (χ0) is 12.7. The summed E-state index contributed by atoms with van der Waals surface area (Å²) in [5.41, 5.74) is 0.712. The number of hydrogen-bond donors (Lipinski definition) is 2. The van der Waals surface area contributed by atoms with E-state index in [1.54, 1.807) is 18.4 Å². The van der Waals surface area contributed by atoms with E-state index in [9.17, 15) is 4.79 Å². The van der Waals surface area contributed by atoms with E-state index < -0.39 is 0 Å². The van der Waals surface area contributed by atoms with Crippen LogP contribution in [0.2, 0.25) is 0 Å². The van der Waals surface area contributed by atoms with Gasteiger partial charge in [0.2, 0.25) is 0 Å². The lowest BCUT2D eigenvalue weighted by Crippen LogP contribution is -2.33. The molecule has 96 valence electrons. The molecule has 0 aliphatic rings. The number of halogens is 1. The highest BCUT2D eigenvalue weighted by Gasteiger charge is 2.11. The quantitative estimate of drug-likeness (QED) is 0.753. The molecule has 0 spiro atoms. The number of carbonyl (C=O) groups excluding carboxylic acids is 1. The summed E-state index contributed by atoms with van der Waals surface area (Å²) in [7, 11) is 1.67. The van der Waals surface area contributed by atoms with Gasteiger partial charge >= 0.3 is 0 Å². The lowest BCUT2D eigenvalue weighted by atomic mass is 10.3. The van der Waals surface area contributed by atoms with Gasteiger partial charge in [0.05, 0.1) is 16.0 Å². The first-order valence-corrected chi connectivity index (χ1v) is 7.00. The second-order valence-electron chi connectivity index (χ2n) is 3.54. The van der Waals surface area contributed by atoms with E-state index in [4.69, 9.17) is 4.74 Å². The molecule has 1 aromatic heterocycles. The molecular weight excluding hydrogens is 304 g/mol. The van der Waals surface area contributed by atoms with Crippen molar-refractivity contribution < 1.29 is 9.53 Å². The fourth-order valence-corrected chi connectivity index (χ4v) is 3.08. The Balaban J connectivity index is 2.23. The van der Waals surface area contributed by atoms with Gasteiger partial charge < -0.3 is 15.4 Å². The van der Waals surface area contributed by atoms with Gasteiger partial charge in [-0.15, -0.1) is 11.3 Å². The number of aryl methyl sites for hydroxylation is 1. The van der Waals surface area contributed by atoms with E-state index in [2.05, 4.69) is 26.6 Å². The van der Waals surface area contributed by atoms with Gasteiger partial charge in [-0.05, 0) is 28.9 Å². The molecule has 17 heavy (non-hydrogen) atoms. The van der Waals surface area contributed by atoms with Crippen molar-refractivity contribution >= 4 is 33.2 Å². The Labute approximate surface area is 114 Å². The average Bonchev–Trinajstić information content (AvgIpc) is 2.62. The van der Waals surface area contributed by atoms with Crippen molar-refractivity contribution in [2.75, 3.05) is 33.4 Å². The number of ether oxygens (including phenoxy) is 1. The fourth-order valence-electron chi connectivity index (χ4n) is 1.30. The normalized spacial score (nSPS) is 10.5. The van der Waals surface area contributed by atoms with Crippen molar-refractivity contribution in [1.29, 1.82) is 0 Å². The maximum Gasteiger partial charge on any atom is 0.253 e. The molecule has 0 saturated carbocycles. The van der Waals surface area contributed by atoms with E-state index >= 15 is 0 Å². The first-order chi connectivity index (χ1) is 8.15. The van der Waals surface area contributed by atoms with Crippen LogP contribution < -0.4 is 10.6 Å². The molecule has 0 aromatic carbocycles. The Morgan fingerprint density at radius 1 is 1.47 bits per heavy atom. The highest BCUT2D eigenvalue weighted by molar-refractivity contribution is 9.11. The molecule has 0 aliphatic heterocycles. The third-order valence-corrected chi connectivity index (χ3v) is 3.88. The average molecular weight is 321 g/mol. The second-order valence-corrected chi connectivity index (χ2v) is 6.12. The lowest BCUT2D eigenvalue weighted by Gasteiger charge is -2.05. The summed E-state index contributed by atoms with van der Waals surface area (Å²) in [4.78, 5) is 12.9. The van der Waals surface area contributed by atoms with Crippen LogP contribution in [-0.4, -0.2) is 39.3 Å². The standard InChI is InChI=1S/C11H17BrN2O2S/c1-8-7-9(10(12)17-8)11(15)14-4-3-13-5-6-16-2/h7,13H,3-6H2,1-2H3,(H,14,15). The van der Waals surface area contributed by atoms with Crippen molar-refractivity contribution in [2.45, 2.75) is 6.92 Å². The van der Waals surface area contributed by atoms with Gasteiger partial charge in [-0.2, -0.15) is 0 Å². The van der Waals surface area contributed by atoms with Gasteiger partial charge in [0, 0.05) is 31.6 Å². The first kappa shape index (κ1) is 14.6. The fraction of sp³-hybridized carbons (Fsp3) is 0.545. The van der Waals surface area contributed by atoms with E-state index in [1.165, 1.54) is 0 Å². The van der Waals surface area contributed by atoms with Crippen LogP contribution in [0.3, 0.4) is 0 Å². The van der Waals surface area contributed by atoms with E-state index in [-0.39, 0.29) is 5.91 Å². The van der Waals surface area contributed by atoms with Crippen molar-refractivity contribution in [2.24, 2.45) is 0 Å². The number of thiophene rings is 1. The Bertz CT molecular complexity index is 368. The first-order valence-electron chi connectivity index (χ1n) is 5.39. The third kappa shape index (κ3) is 5.16. The number of amides is 1. The third-order valence-electron chi connectivity index (χ3n) is 2.12. The molecule has 1 rings (SSSR count). The molecule has 6 heteroatoms. The Morgan fingerprint density at radius 2 is 2.24 bits per heavy atom. The largest absolute Gasteiger partial charge is 0.383 e. The SMILES string of the molecule is COCCNCCNC(=O)c1cc(C)sc1Br. The molecule has 1 amide bonds. The minimum absolute atomic E-state index is 0.0326. The van der Waals surface area contributed by atoms with Gasteiger partial charge in [-0.1, -0.05) is 0 Å². The summed E-state index contributed by atoms with van der Waals surface area (Å²) in [5, 5.41) is 6.03. The number of nitrogens with one attached hydrogen (secondary N) is 2. The molecule has 4 nitrogen and oxygen atoms in total. The molecule has 0 radical (unpaired) electrons. The van der Waals surface area contributed by atoms with Crippen LogP contribution >= 0.6 is 27.3 Å². The van der Waals surface area contributed by atoms with E-state index in [0.29, 0.717) is 18.7 Å². The van der Waals surface area contributed by atoms with Gasteiger partial charge in [-0.25, -0.2) is 0 Å². The minimum atomic E-state index is -0.0326. The predicted octanol–water partition coefficient (Wildman–Crippen LogP) is 1.78. The summed E-state index contributed by atoms with van der Waals surface area (Å²) in [5.74, 6) is -0.0326. The van der Waals surface area contributed by atoms with Crippen molar-refractivity contribution in [3.8, 4) is 0 Å². The van der Waals surface area contributed by atoms with Crippen molar-refractivity contribution in [3.63, 3.8) is 0 Å². The smallest absolute Gasteiger partial charge is 0.253 e. The van der Waals surface area contributed by atoms with Crippen LogP contribution in [-0.2, 0) is 4.74 Å². The Hall–Kier alpha value is -0.430. The van der Waals surface area contributed by atoms with E-state index in [1.807, 2.05) is 13.0 Å². The molecule has 2 N–H and O–H groups in total. The van der Waals surface area contributed by atoms with Crippen LogP contribution in [0.1, 0.15) is 15.2 Å². The molecule has 1 aromatic rings. The topological polar surface area (TPSA) is 50.4 Å². The zero-order valence-electron chi connectivity index (χ0n) is 10.0. The second kappa shape index (κ2) is 7.81. The zero-order valence-corrected chi connectivity index (χ0v) is 12.4. The van der Waals surface area contributed by atoms with Gasteiger partial charge in [0.15, 0.2) is 0 Å². The summed E-state index contributed by atoms with van der Waals surface area (Å²) in [6.45, 7) is 4.83. The summed E-state index contributed by atoms with van der Waals surface area (Å²) < 4.78 is 5.79. The van der Waals surface area contributed by atoms with Crippen LogP contribution in [0.25, 0.3) is 0 Å². The molecule has 1 heterocycles. The van der Waals surface area contributed by atoms with Gasteiger partial charge in [-0.3, -0.25) is 4.79 Å². The van der Waals surface area contributed by atoms with E-state index in [0.717, 1.165) is 21.8 Å². The molecule has 0 atom stereocenters. The summed E-state index contributed by atoms with van der Waals surface area (Å²) in [6, 6.07) is 1.89. The maximum atomic E-state index is 11.8. The Morgan fingerprint density at radius 3 is 2.82 bits per heavy atom. The summed E-state index contributed by atoms with van der Waals surface area (Å²) in [6.07, 6.45) is 0. The predicted molar refractivity (Wildman–Crippen MR) is 73.8 cm³/mol. The molecule has 0 unspecified atom stereocenters. The van der Waals surface area contributed by atoms with Crippen molar-refractivity contribution in [3.05, 3.63) is 20.3 Å². The van der Waals surface area contributed by atoms with Gasteiger partial charge in [0.1, 0.15) is 0 Å². The minimum Gasteiger partial charge on any atom is -0.383 e. The van der Waals surface area contributed by atoms with Crippen LogP contribution in [0.4, 0.5) is 0 Å². The van der Waals surface area contributed by atoms with Crippen LogP contribution in [0.15, 0.2) is 9.85 Å². The van der Waals surface area contributed by atoms with Gasteiger partial charge in [0.25, 0.3) is 5.91 Å². The summed E-state index contributed by atoms with van der Waals surface area (Å²) >= 11 is 4.96. The molecule has 0 bridgehead atoms. The maximum absolute atomic E-state index is 11.8. The highest BCUT2D eigenvalue weighted by Crippen LogP contribution is 2.27. The molecular formula is C11H17BrN2O2S. The monoisotopic (exact) mass is 320 g/mol. The van der Waals surface area contributed by atoms with Crippen LogP contribution in [0.5, 0.6) is 0 Å². The molecule has 0 aliphatic carbocycles.